The lowest BCUT2D eigenvalue weighted by atomic mass is 9.95. The molecular weight excluding hydrogens is 437 g/mol. The fourth-order valence-corrected chi connectivity index (χ4v) is 3.88. The van der Waals surface area contributed by atoms with E-state index >= 15 is 0 Å². The largest absolute Gasteiger partial charge is 0.434 e. The molecule has 3 aromatic rings. The van der Waals surface area contributed by atoms with Crippen molar-refractivity contribution in [1.29, 1.82) is 0 Å². The third-order valence-electron chi connectivity index (χ3n) is 4.26. The number of imidazole rings is 1. The monoisotopic (exact) mass is 444 g/mol. The molecular formula is C17H9BrClF3N2O2. The number of rotatable bonds is 3. The van der Waals surface area contributed by atoms with Crippen molar-refractivity contribution >= 4 is 39.0 Å². The predicted octanol–water partition coefficient (Wildman–Crippen LogP) is 5.21. The summed E-state index contributed by atoms with van der Waals surface area (Å²) in [6.07, 6.45) is 1.46. The molecule has 0 bridgehead atoms. The van der Waals surface area contributed by atoms with Gasteiger partial charge in [-0.3, -0.25) is 4.79 Å². The summed E-state index contributed by atoms with van der Waals surface area (Å²) in [6.45, 7) is -3.03. The number of halogens is 5. The zero-order valence-corrected chi connectivity index (χ0v) is 15.2. The number of carbonyl (C=O) groups excluding carboxylic acids is 1. The summed E-state index contributed by atoms with van der Waals surface area (Å²) in [6, 6.07) is 5.59. The number of carbonyl (C=O) groups is 1. The summed E-state index contributed by atoms with van der Waals surface area (Å²) in [7, 11) is 0. The summed E-state index contributed by atoms with van der Waals surface area (Å²) in [5, 5.41) is 0.199. The molecule has 1 aliphatic carbocycles. The van der Waals surface area contributed by atoms with Crippen LogP contribution in [0.25, 0.3) is 5.65 Å². The van der Waals surface area contributed by atoms with E-state index in [1.807, 2.05) is 0 Å². The van der Waals surface area contributed by atoms with Gasteiger partial charge in [0.2, 0.25) is 0 Å². The number of alkyl halides is 2. The molecule has 0 amide bonds. The van der Waals surface area contributed by atoms with Crippen molar-refractivity contribution in [3.05, 3.63) is 62.7 Å². The van der Waals surface area contributed by atoms with Gasteiger partial charge in [0, 0.05) is 35.2 Å². The van der Waals surface area contributed by atoms with Gasteiger partial charge in [-0.1, -0.05) is 17.7 Å². The first-order chi connectivity index (χ1) is 12.4. The minimum atomic E-state index is -3.03. The SMILES string of the molecule is O=C1CC(c2c(Cl)cccc2OC(F)F)c2c1nc1cc(F)c(Br)cn21. The topological polar surface area (TPSA) is 43.6 Å². The summed E-state index contributed by atoms with van der Waals surface area (Å²) >= 11 is 9.35. The maximum Gasteiger partial charge on any atom is 0.387 e. The van der Waals surface area contributed by atoms with Crippen molar-refractivity contribution in [1.82, 2.24) is 9.38 Å². The first kappa shape index (κ1) is 17.4. The molecule has 0 saturated carbocycles. The second kappa shape index (κ2) is 6.28. The molecule has 134 valence electrons. The van der Waals surface area contributed by atoms with Gasteiger partial charge in [-0.05, 0) is 28.1 Å². The lowest BCUT2D eigenvalue weighted by Crippen LogP contribution is -2.09. The van der Waals surface area contributed by atoms with E-state index < -0.39 is 18.3 Å². The van der Waals surface area contributed by atoms with Crippen LogP contribution in [0.1, 0.15) is 34.1 Å². The average Bonchev–Trinajstić information content (AvgIpc) is 3.06. The smallest absolute Gasteiger partial charge is 0.387 e. The van der Waals surface area contributed by atoms with Gasteiger partial charge in [0.15, 0.2) is 5.78 Å². The number of pyridine rings is 1. The Morgan fingerprint density at radius 1 is 1.38 bits per heavy atom. The van der Waals surface area contributed by atoms with Gasteiger partial charge in [-0.25, -0.2) is 9.37 Å². The number of Topliss-reactive ketones (excluding diaryl/α,β-unsaturated/α-hetero) is 1. The van der Waals surface area contributed by atoms with Crippen molar-refractivity contribution in [2.45, 2.75) is 19.0 Å². The van der Waals surface area contributed by atoms with Crippen LogP contribution in [0, 0.1) is 5.82 Å². The number of hydrogen-bond acceptors (Lipinski definition) is 3. The third kappa shape index (κ3) is 2.68. The lowest BCUT2D eigenvalue weighted by molar-refractivity contribution is -0.0505. The zero-order valence-electron chi connectivity index (χ0n) is 12.8. The molecule has 1 aliphatic rings. The Bertz CT molecular complexity index is 1050. The molecule has 0 saturated heterocycles. The van der Waals surface area contributed by atoms with Gasteiger partial charge in [0.05, 0.1) is 10.2 Å². The van der Waals surface area contributed by atoms with Crippen molar-refractivity contribution < 1.29 is 22.7 Å². The molecule has 0 spiro atoms. The van der Waals surface area contributed by atoms with Crippen LogP contribution in [0.15, 0.2) is 34.9 Å². The van der Waals surface area contributed by atoms with E-state index in [1.54, 1.807) is 4.40 Å². The van der Waals surface area contributed by atoms with E-state index in [9.17, 15) is 18.0 Å². The van der Waals surface area contributed by atoms with Gasteiger partial charge in [-0.2, -0.15) is 8.78 Å². The molecule has 0 aliphatic heterocycles. The number of hydrogen-bond donors (Lipinski definition) is 0. The van der Waals surface area contributed by atoms with Crippen LogP contribution in [0.4, 0.5) is 13.2 Å². The molecule has 2 aromatic heterocycles. The molecule has 0 radical (unpaired) electrons. The Hall–Kier alpha value is -2.06. The van der Waals surface area contributed by atoms with Crippen molar-refractivity contribution in [3.8, 4) is 5.75 Å². The maximum atomic E-state index is 13.8. The number of aromatic nitrogens is 2. The summed E-state index contributed by atoms with van der Waals surface area (Å²) in [5.41, 5.74) is 1.18. The fraction of sp³-hybridized carbons (Fsp3) is 0.176. The van der Waals surface area contributed by atoms with Gasteiger partial charge in [0.25, 0.3) is 0 Å². The molecule has 0 fully saturated rings. The van der Waals surface area contributed by atoms with E-state index in [2.05, 4.69) is 25.7 Å². The Labute approximate surface area is 158 Å². The second-order valence-corrected chi connectivity index (χ2v) is 7.01. The molecule has 1 aromatic carbocycles. The van der Waals surface area contributed by atoms with E-state index in [-0.39, 0.29) is 44.4 Å². The van der Waals surface area contributed by atoms with Crippen LogP contribution in [0.3, 0.4) is 0 Å². The molecule has 1 unspecified atom stereocenters. The highest BCUT2D eigenvalue weighted by atomic mass is 79.9. The van der Waals surface area contributed by atoms with Crippen LogP contribution in [-0.2, 0) is 0 Å². The highest BCUT2D eigenvalue weighted by Crippen LogP contribution is 2.45. The number of ketones is 1. The standard InChI is InChI=1S/C17H9BrClF3N2O2/c18-8-6-24-13(5-10(8)20)23-15-11(25)4-7(16(15)24)14-9(19)2-1-3-12(14)26-17(21)22/h1-3,5-7,17H,4H2. The van der Waals surface area contributed by atoms with E-state index in [0.29, 0.717) is 5.69 Å². The number of fused-ring (bicyclic) bond motifs is 3. The quantitative estimate of drug-likeness (QED) is 0.556. The molecule has 0 N–H and O–H groups in total. The minimum Gasteiger partial charge on any atom is -0.434 e. The highest BCUT2D eigenvalue weighted by Gasteiger charge is 2.38. The molecule has 2 heterocycles. The first-order valence-corrected chi connectivity index (χ1v) is 8.67. The van der Waals surface area contributed by atoms with Gasteiger partial charge >= 0.3 is 6.61 Å². The fourth-order valence-electron chi connectivity index (χ4n) is 3.27. The summed E-state index contributed by atoms with van der Waals surface area (Å²) in [4.78, 5) is 16.6. The minimum absolute atomic E-state index is 0.0128. The van der Waals surface area contributed by atoms with Crippen LogP contribution in [0.2, 0.25) is 5.02 Å². The predicted molar refractivity (Wildman–Crippen MR) is 91.7 cm³/mol. The van der Waals surface area contributed by atoms with Gasteiger partial charge < -0.3 is 9.14 Å². The van der Waals surface area contributed by atoms with Crippen LogP contribution >= 0.6 is 27.5 Å². The molecule has 9 heteroatoms. The van der Waals surface area contributed by atoms with Crippen LogP contribution in [0.5, 0.6) is 5.75 Å². The van der Waals surface area contributed by atoms with Crippen molar-refractivity contribution in [3.63, 3.8) is 0 Å². The molecule has 4 rings (SSSR count). The van der Waals surface area contributed by atoms with E-state index in [1.165, 1.54) is 30.5 Å². The highest BCUT2D eigenvalue weighted by molar-refractivity contribution is 9.10. The summed E-state index contributed by atoms with van der Waals surface area (Å²) < 4.78 is 45.7. The molecule has 26 heavy (non-hydrogen) atoms. The first-order valence-electron chi connectivity index (χ1n) is 7.50. The zero-order chi connectivity index (χ0) is 18.6. The lowest BCUT2D eigenvalue weighted by Gasteiger charge is -2.18. The van der Waals surface area contributed by atoms with Gasteiger partial charge in [-0.15, -0.1) is 0 Å². The van der Waals surface area contributed by atoms with Crippen LogP contribution < -0.4 is 4.74 Å². The van der Waals surface area contributed by atoms with Crippen molar-refractivity contribution in [2.24, 2.45) is 0 Å². The normalized spacial score (nSPS) is 16.5. The molecule has 1 atom stereocenters. The maximum absolute atomic E-state index is 13.8. The Balaban J connectivity index is 1.95. The Kier molecular flexibility index (Phi) is 4.19. The van der Waals surface area contributed by atoms with Crippen molar-refractivity contribution in [2.75, 3.05) is 0 Å². The summed E-state index contributed by atoms with van der Waals surface area (Å²) in [5.74, 6) is -1.53. The number of nitrogens with zero attached hydrogens (tertiary/aromatic N) is 2. The molecule has 4 nitrogen and oxygen atoms in total. The Morgan fingerprint density at radius 3 is 2.88 bits per heavy atom. The van der Waals surface area contributed by atoms with E-state index in [4.69, 9.17) is 11.6 Å². The Morgan fingerprint density at radius 2 is 2.15 bits per heavy atom. The second-order valence-electron chi connectivity index (χ2n) is 5.75. The van der Waals surface area contributed by atoms with Crippen LogP contribution in [-0.4, -0.2) is 21.8 Å². The van der Waals surface area contributed by atoms with E-state index in [0.717, 1.165) is 0 Å². The third-order valence-corrected chi connectivity index (χ3v) is 5.18. The number of benzene rings is 1. The van der Waals surface area contributed by atoms with Gasteiger partial charge in [0.1, 0.15) is 22.9 Å². The number of ether oxygens (including phenoxy) is 1. The average molecular weight is 446 g/mol.